The van der Waals surface area contributed by atoms with E-state index in [0.717, 1.165) is 70.8 Å². The monoisotopic (exact) mass is 432 g/mol. The summed E-state index contributed by atoms with van der Waals surface area (Å²) in [5, 5.41) is 7.09. The van der Waals surface area contributed by atoms with Gasteiger partial charge in [-0.05, 0) is 37.0 Å². The fourth-order valence-electron chi connectivity index (χ4n) is 4.16. The number of morpholine rings is 1. The molecule has 31 heavy (non-hydrogen) atoms. The van der Waals surface area contributed by atoms with Crippen LogP contribution in [0.15, 0.2) is 29.3 Å². The van der Waals surface area contributed by atoms with Crippen molar-refractivity contribution in [1.82, 2.24) is 15.5 Å². The number of hydrogen-bond acceptors (Lipinski definition) is 5. The lowest BCUT2D eigenvalue weighted by Gasteiger charge is -2.37. The third kappa shape index (κ3) is 7.37. The van der Waals surface area contributed by atoms with Gasteiger partial charge in [0.05, 0.1) is 32.5 Å². The SMILES string of the molecule is CN=C(NCC(C1CCOC1)N1CCOCC1)NC(C)c1ccc(OCC(C)C)cc1. The zero-order valence-electron chi connectivity index (χ0n) is 19.6. The van der Waals surface area contributed by atoms with Gasteiger partial charge in [0.2, 0.25) is 0 Å². The number of nitrogens with one attached hydrogen (secondary N) is 2. The lowest BCUT2D eigenvalue weighted by atomic mass is 9.97. The molecule has 0 saturated carbocycles. The molecule has 3 atom stereocenters. The summed E-state index contributed by atoms with van der Waals surface area (Å²) >= 11 is 0. The zero-order chi connectivity index (χ0) is 22.1. The Morgan fingerprint density at radius 1 is 1.13 bits per heavy atom. The second-order valence-electron chi connectivity index (χ2n) is 8.93. The molecule has 7 heteroatoms. The highest BCUT2D eigenvalue weighted by atomic mass is 16.5. The normalized spacial score (nSPS) is 22.4. The summed E-state index contributed by atoms with van der Waals surface area (Å²) in [5.74, 6) is 2.82. The fourth-order valence-corrected chi connectivity index (χ4v) is 4.16. The number of rotatable bonds is 9. The minimum absolute atomic E-state index is 0.141. The number of benzene rings is 1. The molecule has 2 heterocycles. The molecular formula is C24H40N4O3. The molecule has 0 amide bonds. The van der Waals surface area contributed by atoms with Crippen molar-refractivity contribution in [2.75, 3.05) is 59.7 Å². The Hall–Kier alpha value is -1.83. The predicted octanol–water partition coefficient (Wildman–Crippen LogP) is 2.68. The molecule has 3 unspecified atom stereocenters. The third-order valence-electron chi connectivity index (χ3n) is 6.04. The smallest absolute Gasteiger partial charge is 0.191 e. The van der Waals surface area contributed by atoms with Crippen LogP contribution >= 0.6 is 0 Å². The minimum Gasteiger partial charge on any atom is -0.493 e. The van der Waals surface area contributed by atoms with Crippen LogP contribution in [0.4, 0.5) is 0 Å². The van der Waals surface area contributed by atoms with Crippen molar-refractivity contribution in [3.05, 3.63) is 29.8 Å². The van der Waals surface area contributed by atoms with Gasteiger partial charge in [0.15, 0.2) is 5.96 Å². The van der Waals surface area contributed by atoms with E-state index < -0.39 is 0 Å². The van der Waals surface area contributed by atoms with Gasteiger partial charge in [0, 0.05) is 45.2 Å². The molecule has 2 fully saturated rings. The lowest BCUT2D eigenvalue weighted by molar-refractivity contribution is 0.00246. The average Bonchev–Trinajstić information content (AvgIpc) is 3.32. The van der Waals surface area contributed by atoms with Crippen molar-refractivity contribution >= 4 is 5.96 Å². The van der Waals surface area contributed by atoms with Crippen LogP contribution in [0.3, 0.4) is 0 Å². The first-order valence-electron chi connectivity index (χ1n) is 11.7. The third-order valence-corrected chi connectivity index (χ3v) is 6.04. The van der Waals surface area contributed by atoms with E-state index in [2.05, 4.69) is 53.4 Å². The van der Waals surface area contributed by atoms with Gasteiger partial charge in [-0.25, -0.2) is 0 Å². The van der Waals surface area contributed by atoms with Crippen LogP contribution in [0.2, 0.25) is 0 Å². The van der Waals surface area contributed by atoms with Crippen molar-refractivity contribution < 1.29 is 14.2 Å². The number of ether oxygens (including phenoxy) is 3. The highest BCUT2D eigenvalue weighted by Crippen LogP contribution is 2.22. The molecule has 2 aliphatic heterocycles. The van der Waals surface area contributed by atoms with E-state index in [1.165, 1.54) is 5.56 Å². The Morgan fingerprint density at radius 2 is 1.87 bits per heavy atom. The van der Waals surface area contributed by atoms with Crippen LogP contribution < -0.4 is 15.4 Å². The van der Waals surface area contributed by atoms with E-state index in [9.17, 15) is 0 Å². The zero-order valence-corrected chi connectivity index (χ0v) is 19.6. The van der Waals surface area contributed by atoms with Gasteiger partial charge in [-0.15, -0.1) is 0 Å². The second kappa shape index (κ2) is 12.3. The van der Waals surface area contributed by atoms with Crippen LogP contribution in [0.5, 0.6) is 5.75 Å². The van der Waals surface area contributed by atoms with E-state index in [1.54, 1.807) is 0 Å². The van der Waals surface area contributed by atoms with Gasteiger partial charge in [-0.1, -0.05) is 26.0 Å². The topological polar surface area (TPSA) is 67.4 Å². The minimum atomic E-state index is 0.141. The number of hydrogen-bond donors (Lipinski definition) is 2. The van der Waals surface area contributed by atoms with Gasteiger partial charge in [0.25, 0.3) is 0 Å². The molecule has 0 spiro atoms. The first kappa shape index (κ1) is 23.8. The number of nitrogens with zero attached hydrogens (tertiary/aromatic N) is 2. The second-order valence-corrected chi connectivity index (χ2v) is 8.93. The number of guanidine groups is 1. The Kier molecular flexibility index (Phi) is 9.43. The maximum atomic E-state index is 5.80. The van der Waals surface area contributed by atoms with Gasteiger partial charge >= 0.3 is 0 Å². The van der Waals surface area contributed by atoms with Crippen molar-refractivity contribution in [2.24, 2.45) is 16.8 Å². The molecule has 7 nitrogen and oxygen atoms in total. The van der Waals surface area contributed by atoms with Gasteiger partial charge in [-0.2, -0.15) is 0 Å². The molecule has 0 aromatic heterocycles. The van der Waals surface area contributed by atoms with E-state index in [-0.39, 0.29) is 6.04 Å². The Balaban J connectivity index is 1.53. The predicted molar refractivity (Wildman–Crippen MR) is 125 cm³/mol. The fraction of sp³-hybridized carbons (Fsp3) is 0.708. The summed E-state index contributed by atoms with van der Waals surface area (Å²) in [7, 11) is 1.83. The van der Waals surface area contributed by atoms with Crippen LogP contribution in [0, 0.1) is 11.8 Å². The van der Waals surface area contributed by atoms with Crippen LogP contribution in [0.1, 0.15) is 38.8 Å². The molecule has 2 saturated heterocycles. The van der Waals surface area contributed by atoms with Crippen LogP contribution in [-0.2, 0) is 9.47 Å². The van der Waals surface area contributed by atoms with Gasteiger partial charge in [0.1, 0.15) is 5.75 Å². The summed E-state index contributed by atoms with van der Waals surface area (Å²) in [6, 6.07) is 8.89. The van der Waals surface area contributed by atoms with Gasteiger partial charge in [-0.3, -0.25) is 9.89 Å². The van der Waals surface area contributed by atoms with Gasteiger partial charge < -0.3 is 24.8 Å². The van der Waals surface area contributed by atoms with E-state index in [0.29, 0.717) is 17.9 Å². The summed E-state index contributed by atoms with van der Waals surface area (Å²) < 4.78 is 17.0. The highest BCUT2D eigenvalue weighted by molar-refractivity contribution is 5.80. The van der Waals surface area contributed by atoms with Crippen molar-refractivity contribution in [2.45, 2.75) is 39.3 Å². The van der Waals surface area contributed by atoms with Crippen LogP contribution in [-0.4, -0.2) is 76.6 Å². The first-order chi connectivity index (χ1) is 15.1. The van der Waals surface area contributed by atoms with Crippen molar-refractivity contribution in [3.63, 3.8) is 0 Å². The summed E-state index contributed by atoms with van der Waals surface area (Å²) in [6.07, 6.45) is 1.12. The highest BCUT2D eigenvalue weighted by Gasteiger charge is 2.31. The quantitative estimate of drug-likeness (QED) is 0.462. The first-order valence-corrected chi connectivity index (χ1v) is 11.7. The van der Waals surface area contributed by atoms with Crippen LogP contribution in [0.25, 0.3) is 0 Å². The van der Waals surface area contributed by atoms with E-state index in [1.807, 2.05) is 19.2 Å². The Bertz CT molecular complexity index is 668. The Morgan fingerprint density at radius 3 is 2.48 bits per heavy atom. The molecule has 174 valence electrons. The maximum absolute atomic E-state index is 5.80. The summed E-state index contributed by atoms with van der Waals surface area (Å²) in [6.45, 7) is 13.3. The summed E-state index contributed by atoms with van der Waals surface area (Å²) in [4.78, 5) is 7.00. The molecule has 2 N–H and O–H groups in total. The molecule has 0 bridgehead atoms. The van der Waals surface area contributed by atoms with E-state index >= 15 is 0 Å². The molecule has 0 aliphatic carbocycles. The average molecular weight is 433 g/mol. The van der Waals surface area contributed by atoms with Crippen molar-refractivity contribution in [3.8, 4) is 5.75 Å². The summed E-state index contributed by atoms with van der Waals surface area (Å²) in [5.41, 5.74) is 1.20. The molecular weight excluding hydrogens is 392 g/mol. The Labute approximate surface area is 187 Å². The maximum Gasteiger partial charge on any atom is 0.191 e. The van der Waals surface area contributed by atoms with E-state index in [4.69, 9.17) is 14.2 Å². The number of aliphatic imine (C=N–C) groups is 1. The molecule has 3 rings (SSSR count). The molecule has 2 aliphatic rings. The van der Waals surface area contributed by atoms with Crippen molar-refractivity contribution in [1.29, 1.82) is 0 Å². The lowest BCUT2D eigenvalue weighted by Crippen LogP contribution is -2.53. The molecule has 1 aromatic rings. The largest absolute Gasteiger partial charge is 0.493 e. The molecule has 1 aromatic carbocycles. The molecule has 0 radical (unpaired) electrons. The standard InChI is InChI=1S/C24H40N4O3/c1-18(2)16-31-22-7-5-20(6-8-22)19(3)27-24(25-4)26-15-23(21-9-12-30-17-21)28-10-13-29-14-11-28/h5-8,18-19,21,23H,9-17H2,1-4H3,(H2,25,26,27).